The van der Waals surface area contributed by atoms with Gasteiger partial charge in [0, 0.05) is 55.1 Å². The Morgan fingerprint density at radius 3 is 2.57 bits per heavy atom. The first-order valence-corrected chi connectivity index (χ1v) is 10.6. The van der Waals surface area contributed by atoms with Crippen LogP contribution in [0.1, 0.15) is 51.0 Å². The van der Waals surface area contributed by atoms with Gasteiger partial charge in [-0.1, -0.05) is 13.8 Å². The Balaban J connectivity index is 1.47. The third-order valence-corrected chi connectivity index (χ3v) is 6.66. The fourth-order valence-corrected chi connectivity index (χ4v) is 5.18. The molecule has 1 fully saturated rings. The van der Waals surface area contributed by atoms with Crippen LogP contribution in [0.5, 0.6) is 11.5 Å². The van der Waals surface area contributed by atoms with Crippen molar-refractivity contribution in [3.63, 3.8) is 0 Å². The lowest BCUT2D eigenvalue weighted by Crippen LogP contribution is -2.42. The van der Waals surface area contributed by atoms with E-state index in [0.717, 1.165) is 32.7 Å². The Bertz CT molecular complexity index is 864. The van der Waals surface area contributed by atoms with Crippen LogP contribution in [0, 0.1) is 0 Å². The first-order chi connectivity index (χ1) is 13.4. The Kier molecular flexibility index (Phi) is 5.31. The lowest BCUT2D eigenvalue weighted by Gasteiger charge is -2.26. The summed E-state index contributed by atoms with van der Waals surface area (Å²) in [6.07, 6.45) is 0. The molecular formula is C21H27N3O3S. The molecule has 3 N–H and O–H groups in total. The Labute approximate surface area is 169 Å². The molecule has 0 spiro atoms. The number of carbonyl (C=O) groups excluding carboxylic acids is 1. The fraction of sp³-hybridized carbons (Fsp3) is 0.476. The van der Waals surface area contributed by atoms with Gasteiger partial charge in [-0.15, -0.1) is 11.3 Å². The van der Waals surface area contributed by atoms with Gasteiger partial charge in [0.1, 0.15) is 11.5 Å². The summed E-state index contributed by atoms with van der Waals surface area (Å²) >= 11 is 1.79. The molecule has 150 valence electrons. The molecule has 1 amide bonds. The zero-order valence-corrected chi connectivity index (χ0v) is 17.2. The van der Waals surface area contributed by atoms with Crippen molar-refractivity contribution in [1.82, 2.24) is 15.1 Å². The molecule has 28 heavy (non-hydrogen) atoms. The maximum absolute atomic E-state index is 13.0. The summed E-state index contributed by atoms with van der Waals surface area (Å²) in [5.41, 5.74) is 2.15. The molecule has 0 aliphatic carbocycles. The standard InChI is InChI=1S/C21H27N3O3S/c1-13(2)16-8-17(19(26)9-18(16)25)21(27)24-10-14-7-15(28-20(14)12-24)11-23-5-3-22-4-6-23/h7-9,13,22,25-26H,3-6,10-12H2,1-2H3. The van der Waals surface area contributed by atoms with Crippen LogP contribution < -0.4 is 5.32 Å². The second kappa shape index (κ2) is 7.73. The van der Waals surface area contributed by atoms with E-state index in [1.807, 2.05) is 13.8 Å². The van der Waals surface area contributed by atoms with Crippen molar-refractivity contribution in [2.75, 3.05) is 26.2 Å². The summed E-state index contributed by atoms with van der Waals surface area (Å²) in [6, 6.07) is 5.13. The Hall–Kier alpha value is -2.09. The second-order valence-corrected chi connectivity index (χ2v) is 9.15. The molecule has 1 aromatic carbocycles. The van der Waals surface area contributed by atoms with Crippen LogP contribution in [-0.4, -0.2) is 52.1 Å². The van der Waals surface area contributed by atoms with Gasteiger partial charge in [-0.25, -0.2) is 0 Å². The van der Waals surface area contributed by atoms with Gasteiger partial charge >= 0.3 is 0 Å². The topological polar surface area (TPSA) is 76.0 Å². The second-order valence-electron chi connectivity index (χ2n) is 7.93. The smallest absolute Gasteiger partial charge is 0.258 e. The van der Waals surface area contributed by atoms with Crippen LogP contribution in [-0.2, 0) is 19.6 Å². The first kappa shape index (κ1) is 19.2. The van der Waals surface area contributed by atoms with Crippen LogP contribution in [0.2, 0.25) is 0 Å². The number of hydrogen-bond donors (Lipinski definition) is 3. The summed E-state index contributed by atoms with van der Waals surface area (Å²) < 4.78 is 0. The van der Waals surface area contributed by atoms with Crippen molar-refractivity contribution in [3.05, 3.63) is 44.6 Å². The maximum Gasteiger partial charge on any atom is 0.258 e. The molecule has 1 saturated heterocycles. The van der Waals surface area contributed by atoms with E-state index in [1.165, 1.54) is 21.4 Å². The Morgan fingerprint density at radius 2 is 1.89 bits per heavy atom. The van der Waals surface area contributed by atoms with Crippen molar-refractivity contribution in [2.24, 2.45) is 0 Å². The van der Waals surface area contributed by atoms with Crippen molar-refractivity contribution < 1.29 is 15.0 Å². The average molecular weight is 402 g/mol. The number of hydrogen-bond acceptors (Lipinski definition) is 6. The molecule has 7 heteroatoms. The van der Waals surface area contributed by atoms with Crippen molar-refractivity contribution in [2.45, 2.75) is 39.4 Å². The summed E-state index contributed by atoms with van der Waals surface area (Å²) in [5.74, 6) is -0.255. The minimum absolute atomic E-state index is 0.0298. The number of phenolic OH excluding ortho intramolecular Hbond substituents is 2. The van der Waals surface area contributed by atoms with Gasteiger partial charge < -0.3 is 20.4 Å². The number of fused-ring (bicyclic) bond motifs is 1. The number of rotatable bonds is 4. The highest BCUT2D eigenvalue weighted by Crippen LogP contribution is 2.36. The van der Waals surface area contributed by atoms with Gasteiger partial charge in [-0.05, 0) is 29.2 Å². The minimum Gasteiger partial charge on any atom is -0.508 e. The molecular weight excluding hydrogens is 374 g/mol. The highest BCUT2D eigenvalue weighted by atomic mass is 32.1. The molecule has 0 radical (unpaired) electrons. The van der Waals surface area contributed by atoms with Gasteiger partial charge in [0.2, 0.25) is 0 Å². The SMILES string of the molecule is CC(C)c1cc(C(=O)N2Cc3cc(CN4CCNCC4)sc3C2)c(O)cc1O. The number of amides is 1. The summed E-state index contributed by atoms with van der Waals surface area (Å²) in [6.45, 7) is 10.3. The molecule has 0 atom stereocenters. The molecule has 2 aliphatic rings. The van der Waals surface area contributed by atoms with E-state index in [4.69, 9.17) is 0 Å². The highest BCUT2D eigenvalue weighted by molar-refractivity contribution is 7.12. The van der Waals surface area contributed by atoms with Crippen LogP contribution in [0.3, 0.4) is 0 Å². The van der Waals surface area contributed by atoms with Crippen LogP contribution in [0.25, 0.3) is 0 Å². The van der Waals surface area contributed by atoms with Gasteiger partial charge in [0.05, 0.1) is 12.1 Å². The summed E-state index contributed by atoms with van der Waals surface area (Å²) in [4.78, 5) is 19.8. The van der Waals surface area contributed by atoms with E-state index >= 15 is 0 Å². The minimum atomic E-state index is -0.188. The van der Waals surface area contributed by atoms with Crippen molar-refractivity contribution in [1.29, 1.82) is 0 Å². The first-order valence-electron chi connectivity index (χ1n) is 9.81. The Morgan fingerprint density at radius 1 is 1.14 bits per heavy atom. The molecule has 4 rings (SSSR count). The fourth-order valence-electron chi connectivity index (χ4n) is 3.94. The number of nitrogens with one attached hydrogen (secondary N) is 1. The van der Waals surface area contributed by atoms with Crippen LogP contribution >= 0.6 is 11.3 Å². The van der Waals surface area contributed by atoms with E-state index in [9.17, 15) is 15.0 Å². The zero-order chi connectivity index (χ0) is 19.8. The number of thiophene rings is 1. The quantitative estimate of drug-likeness (QED) is 0.735. The van der Waals surface area contributed by atoms with Gasteiger partial charge in [0.15, 0.2) is 0 Å². The third kappa shape index (κ3) is 3.74. The van der Waals surface area contributed by atoms with E-state index in [1.54, 1.807) is 22.3 Å². The molecule has 2 aromatic rings. The van der Waals surface area contributed by atoms with Crippen LogP contribution in [0.4, 0.5) is 0 Å². The average Bonchev–Trinajstić information content (AvgIpc) is 3.20. The zero-order valence-electron chi connectivity index (χ0n) is 16.4. The molecule has 2 aliphatic heterocycles. The summed E-state index contributed by atoms with van der Waals surface area (Å²) in [5, 5.41) is 23.6. The third-order valence-electron chi connectivity index (χ3n) is 5.52. The number of nitrogens with zero attached hydrogens (tertiary/aromatic N) is 2. The lowest BCUT2D eigenvalue weighted by molar-refractivity contribution is 0.0748. The van der Waals surface area contributed by atoms with E-state index in [-0.39, 0.29) is 28.9 Å². The molecule has 6 nitrogen and oxygen atoms in total. The lowest BCUT2D eigenvalue weighted by atomic mass is 9.98. The molecule has 0 saturated carbocycles. The highest BCUT2D eigenvalue weighted by Gasteiger charge is 2.29. The van der Waals surface area contributed by atoms with E-state index < -0.39 is 0 Å². The van der Waals surface area contributed by atoms with Crippen molar-refractivity contribution in [3.8, 4) is 11.5 Å². The predicted molar refractivity (Wildman–Crippen MR) is 110 cm³/mol. The number of piperazine rings is 1. The monoisotopic (exact) mass is 401 g/mol. The molecule has 1 aromatic heterocycles. The number of phenols is 2. The maximum atomic E-state index is 13.0. The number of aromatic hydroxyl groups is 2. The van der Waals surface area contributed by atoms with E-state index in [2.05, 4.69) is 16.3 Å². The number of carbonyl (C=O) groups is 1. The predicted octanol–water partition coefficient (Wildman–Crippen LogP) is 2.84. The van der Waals surface area contributed by atoms with Gasteiger partial charge in [-0.3, -0.25) is 9.69 Å². The van der Waals surface area contributed by atoms with Crippen molar-refractivity contribution >= 4 is 17.2 Å². The van der Waals surface area contributed by atoms with E-state index in [0.29, 0.717) is 18.7 Å². The van der Waals surface area contributed by atoms with Gasteiger partial charge in [0.25, 0.3) is 5.91 Å². The summed E-state index contributed by atoms with van der Waals surface area (Å²) in [7, 11) is 0. The normalized spacial score (nSPS) is 17.3. The van der Waals surface area contributed by atoms with Gasteiger partial charge in [-0.2, -0.15) is 0 Å². The van der Waals surface area contributed by atoms with Crippen LogP contribution in [0.15, 0.2) is 18.2 Å². The molecule has 0 bridgehead atoms. The largest absolute Gasteiger partial charge is 0.508 e. The number of benzene rings is 1. The molecule has 3 heterocycles. The molecule has 0 unspecified atom stereocenters.